The molecule has 6 rings (SSSR count). The number of allylic oxidation sites excluding steroid dienone is 2. The van der Waals surface area contributed by atoms with Crippen LogP contribution in [0.15, 0.2) is 36.4 Å². The van der Waals surface area contributed by atoms with E-state index < -0.39 is 17.9 Å². The van der Waals surface area contributed by atoms with E-state index in [2.05, 4.69) is 17.5 Å². The molecule has 2 bridgehead atoms. The number of carbonyl (C=O) groups is 4. The minimum Gasteiger partial charge on any atom is -0.462 e. The summed E-state index contributed by atoms with van der Waals surface area (Å²) in [4.78, 5) is 52.0. The number of anilines is 1. The molecule has 7 atom stereocenters. The normalized spacial score (nSPS) is 33.7. The van der Waals surface area contributed by atoms with E-state index in [1.54, 1.807) is 38.1 Å². The highest BCUT2D eigenvalue weighted by atomic mass is 16.5. The highest BCUT2D eigenvalue weighted by Crippen LogP contribution is 2.65. The number of ether oxygens (including phenoxy) is 1. The van der Waals surface area contributed by atoms with Gasteiger partial charge in [0.1, 0.15) is 6.04 Å². The molecule has 1 aromatic carbocycles. The number of likely N-dealkylation sites (tertiary alicyclic amines) is 1. The third-order valence-electron chi connectivity index (χ3n) is 7.13. The van der Waals surface area contributed by atoms with Crippen LogP contribution < -0.4 is 5.32 Å². The third-order valence-corrected chi connectivity index (χ3v) is 7.13. The van der Waals surface area contributed by atoms with Gasteiger partial charge in [0, 0.05) is 5.69 Å². The molecule has 5 aliphatic rings. The lowest BCUT2D eigenvalue weighted by molar-refractivity contribution is -0.146. The lowest BCUT2D eigenvalue weighted by Crippen LogP contribution is -2.46. The van der Waals surface area contributed by atoms with Crippen molar-refractivity contribution in [1.29, 1.82) is 0 Å². The number of hydrogen-bond donors (Lipinski definition) is 1. The quantitative estimate of drug-likeness (QED) is 0.458. The maximum atomic E-state index is 13.1. The molecule has 1 aliphatic heterocycles. The van der Waals surface area contributed by atoms with Crippen molar-refractivity contribution in [2.75, 3.05) is 11.9 Å². The standard InChI is InChI=1S/C23H24N2O5/c1-3-30-23(29)12-4-6-13(7-5-12)24-20(26)11(2)25-21(27)18-14-8-9-15(17-10-16(14)17)19(18)22(25)28/h4-9,11,14-19H,3,10H2,1-2H3,(H,24,26)/t11-,14-,15-,16-,17-,18-,19+/m1/s1. The van der Waals surface area contributed by atoms with Gasteiger partial charge in [-0.15, -0.1) is 0 Å². The van der Waals surface area contributed by atoms with Crippen LogP contribution >= 0.6 is 0 Å². The number of carbonyl (C=O) groups excluding carboxylic acids is 4. The van der Waals surface area contributed by atoms with Crippen molar-refractivity contribution in [3.63, 3.8) is 0 Å². The van der Waals surface area contributed by atoms with Crippen molar-refractivity contribution in [3.05, 3.63) is 42.0 Å². The van der Waals surface area contributed by atoms with E-state index in [4.69, 9.17) is 4.74 Å². The Balaban J connectivity index is 1.29. The zero-order valence-corrected chi connectivity index (χ0v) is 16.9. The van der Waals surface area contributed by atoms with Gasteiger partial charge in [-0.3, -0.25) is 19.3 Å². The first-order valence-electron chi connectivity index (χ1n) is 10.6. The molecule has 30 heavy (non-hydrogen) atoms. The molecule has 1 heterocycles. The fourth-order valence-corrected chi connectivity index (χ4v) is 5.63. The lowest BCUT2D eigenvalue weighted by Gasteiger charge is -2.37. The highest BCUT2D eigenvalue weighted by molar-refractivity contribution is 6.10. The van der Waals surface area contributed by atoms with Gasteiger partial charge in [0.15, 0.2) is 0 Å². The Morgan fingerprint density at radius 3 is 2.17 bits per heavy atom. The molecular formula is C23H24N2O5. The molecule has 7 nitrogen and oxygen atoms in total. The van der Waals surface area contributed by atoms with Gasteiger partial charge >= 0.3 is 5.97 Å². The van der Waals surface area contributed by atoms with Gasteiger partial charge in [-0.2, -0.15) is 0 Å². The van der Waals surface area contributed by atoms with Crippen LogP contribution in [-0.2, 0) is 19.1 Å². The Morgan fingerprint density at radius 1 is 1.07 bits per heavy atom. The Bertz CT molecular complexity index is 932. The molecule has 1 saturated heterocycles. The van der Waals surface area contributed by atoms with Crippen molar-refractivity contribution in [2.24, 2.45) is 35.5 Å². The van der Waals surface area contributed by atoms with Crippen LogP contribution in [0.1, 0.15) is 30.6 Å². The lowest BCUT2D eigenvalue weighted by atomic mass is 9.63. The van der Waals surface area contributed by atoms with Crippen LogP contribution in [0.5, 0.6) is 0 Å². The summed E-state index contributed by atoms with van der Waals surface area (Å²) in [5, 5.41) is 2.74. The summed E-state index contributed by atoms with van der Waals surface area (Å²) in [6.07, 6.45) is 5.34. The van der Waals surface area contributed by atoms with Crippen molar-refractivity contribution in [3.8, 4) is 0 Å². The van der Waals surface area contributed by atoms with E-state index in [9.17, 15) is 19.2 Å². The Kier molecular flexibility index (Phi) is 4.31. The van der Waals surface area contributed by atoms with Crippen LogP contribution in [0.3, 0.4) is 0 Å². The van der Waals surface area contributed by atoms with E-state index in [1.165, 1.54) is 4.90 Å². The van der Waals surface area contributed by atoms with Crippen LogP contribution in [-0.4, -0.2) is 41.2 Å². The van der Waals surface area contributed by atoms with Crippen LogP contribution in [0.25, 0.3) is 0 Å². The van der Waals surface area contributed by atoms with Gasteiger partial charge < -0.3 is 10.1 Å². The van der Waals surface area contributed by atoms with Gasteiger partial charge in [-0.05, 0) is 68.2 Å². The average Bonchev–Trinajstić information content (AvgIpc) is 3.52. The van der Waals surface area contributed by atoms with Gasteiger partial charge in [0.2, 0.25) is 17.7 Å². The molecule has 0 aromatic heterocycles. The van der Waals surface area contributed by atoms with E-state index in [0.717, 1.165) is 6.42 Å². The Hall–Kier alpha value is -2.96. The van der Waals surface area contributed by atoms with Gasteiger partial charge in [0.05, 0.1) is 24.0 Å². The molecule has 3 fully saturated rings. The molecule has 0 unspecified atom stereocenters. The van der Waals surface area contributed by atoms with Gasteiger partial charge in [-0.25, -0.2) is 4.79 Å². The average molecular weight is 408 g/mol. The SMILES string of the molecule is CCOC(=O)c1ccc(NC(=O)[C@@H](C)N2C(=O)[C@@H]3[C@@H]4C=C[C@H]([C@H]5C[C@H]45)[C@@H]3C2=O)cc1. The summed E-state index contributed by atoms with van der Waals surface area (Å²) in [7, 11) is 0. The monoisotopic (exact) mass is 408 g/mol. The molecule has 1 aromatic rings. The largest absolute Gasteiger partial charge is 0.462 e. The summed E-state index contributed by atoms with van der Waals surface area (Å²) in [5.74, 6) is -0.574. The summed E-state index contributed by atoms with van der Waals surface area (Å²) >= 11 is 0. The Morgan fingerprint density at radius 2 is 1.63 bits per heavy atom. The summed E-state index contributed by atoms with van der Waals surface area (Å²) in [5.41, 5.74) is 0.873. The minimum absolute atomic E-state index is 0.136. The number of benzene rings is 1. The Labute approximate surface area is 174 Å². The third kappa shape index (κ3) is 2.71. The second-order valence-electron chi connectivity index (χ2n) is 8.66. The maximum absolute atomic E-state index is 13.1. The highest BCUT2D eigenvalue weighted by Gasteiger charge is 2.67. The molecule has 2 saturated carbocycles. The first-order chi connectivity index (χ1) is 14.4. The molecular weight excluding hydrogens is 384 g/mol. The second-order valence-corrected chi connectivity index (χ2v) is 8.66. The topological polar surface area (TPSA) is 92.8 Å². The van der Waals surface area contributed by atoms with Crippen LogP contribution in [0.2, 0.25) is 0 Å². The van der Waals surface area contributed by atoms with Crippen molar-refractivity contribution >= 4 is 29.4 Å². The molecule has 0 radical (unpaired) electrons. The predicted molar refractivity (Wildman–Crippen MR) is 107 cm³/mol. The number of nitrogens with zero attached hydrogens (tertiary/aromatic N) is 1. The number of esters is 1. The van der Waals surface area contributed by atoms with Crippen molar-refractivity contribution in [2.45, 2.75) is 26.3 Å². The van der Waals surface area contributed by atoms with Gasteiger partial charge in [0.25, 0.3) is 0 Å². The number of nitrogens with one attached hydrogen (secondary N) is 1. The number of hydrogen-bond acceptors (Lipinski definition) is 5. The first kappa shape index (κ1) is 19.0. The first-order valence-corrected chi connectivity index (χ1v) is 10.6. The van der Waals surface area contributed by atoms with Crippen LogP contribution in [0, 0.1) is 35.5 Å². The van der Waals surface area contributed by atoms with E-state index >= 15 is 0 Å². The number of rotatable bonds is 5. The number of amides is 3. The smallest absolute Gasteiger partial charge is 0.338 e. The molecule has 3 amide bonds. The minimum atomic E-state index is -0.893. The predicted octanol–water partition coefficient (Wildman–Crippen LogP) is 2.24. The fraction of sp³-hybridized carbons (Fsp3) is 0.478. The summed E-state index contributed by atoms with van der Waals surface area (Å²) in [6, 6.07) is 5.43. The van der Waals surface area contributed by atoms with E-state index in [0.29, 0.717) is 23.1 Å². The molecule has 1 N–H and O–H groups in total. The summed E-state index contributed by atoms with van der Waals surface area (Å²) < 4.78 is 4.94. The zero-order valence-electron chi connectivity index (χ0n) is 16.9. The molecule has 7 heteroatoms. The van der Waals surface area contributed by atoms with Crippen LogP contribution in [0.4, 0.5) is 5.69 Å². The van der Waals surface area contributed by atoms with Crippen molar-refractivity contribution < 1.29 is 23.9 Å². The second kappa shape index (κ2) is 6.79. The molecule has 4 aliphatic carbocycles. The van der Waals surface area contributed by atoms with Gasteiger partial charge in [-0.1, -0.05) is 12.2 Å². The zero-order chi connectivity index (χ0) is 21.2. The van der Waals surface area contributed by atoms with E-state index in [-0.39, 0.29) is 42.1 Å². The fourth-order valence-electron chi connectivity index (χ4n) is 5.63. The maximum Gasteiger partial charge on any atom is 0.338 e. The molecule has 156 valence electrons. The molecule has 0 spiro atoms. The van der Waals surface area contributed by atoms with Crippen molar-refractivity contribution in [1.82, 2.24) is 4.90 Å². The van der Waals surface area contributed by atoms with E-state index in [1.807, 2.05) is 0 Å². The summed E-state index contributed by atoms with van der Waals surface area (Å²) in [6.45, 7) is 3.61. The number of imide groups is 1.